The zero-order valence-corrected chi connectivity index (χ0v) is 8.18. The Kier molecular flexibility index (Phi) is 2.51. The van der Waals surface area contributed by atoms with Crippen LogP contribution in [0.1, 0.15) is 0 Å². The molecule has 0 saturated carbocycles. The van der Waals surface area contributed by atoms with Crippen molar-refractivity contribution < 1.29 is 0 Å². The lowest BCUT2D eigenvalue weighted by Gasteiger charge is -2.19. The monoisotopic (exact) mass is 196 g/mol. The lowest BCUT2D eigenvalue weighted by molar-refractivity contribution is 1.34. The summed E-state index contributed by atoms with van der Waals surface area (Å²) in [5.41, 5.74) is 0. The van der Waals surface area contributed by atoms with Crippen LogP contribution in [-0.4, -0.2) is 25.8 Å². The Morgan fingerprint density at radius 3 is 1.78 bits per heavy atom. The minimum atomic E-state index is 0.918. The van der Waals surface area contributed by atoms with Crippen LogP contribution < -0.4 is 0 Å². The predicted molar refractivity (Wildman–Crippen MR) is 52.5 cm³/mol. The van der Waals surface area contributed by atoms with Gasteiger partial charge in [-0.1, -0.05) is 0 Å². The minimum Gasteiger partial charge on any atom is -0.145 e. The average Bonchev–Trinajstić information content (AvgIpc) is 2.21. The summed E-state index contributed by atoms with van der Waals surface area (Å²) in [6.07, 6.45) is 0. The van der Waals surface area contributed by atoms with Crippen LogP contribution in [0.15, 0.2) is 0 Å². The molecule has 2 atom stereocenters. The quantitative estimate of drug-likeness (QED) is 0.584. The topological polar surface area (TPSA) is 0 Å². The van der Waals surface area contributed by atoms with Crippen LogP contribution in [0.25, 0.3) is 0 Å². The first-order chi connectivity index (χ1) is 4.45. The Bertz CT molecular complexity index is 79.6. The van der Waals surface area contributed by atoms with Gasteiger partial charge in [0.25, 0.3) is 0 Å². The Labute approximate surface area is 72.7 Å². The smallest absolute Gasteiger partial charge is 0.0602 e. The molecule has 3 saturated heterocycles. The largest absolute Gasteiger partial charge is 0.145 e. The van der Waals surface area contributed by atoms with E-state index in [0.29, 0.717) is 0 Å². The second-order valence-corrected chi connectivity index (χ2v) is 7.79. The Balaban J connectivity index is 2.03. The molecule has 0 N–H and O–H groups in total. The molecule has 3 heterocycles. The van der Waals surface area contributed by atoms with Gasteiger partial charge < -0.3 is 0 Å². The highest BCUT2D eigenvalue weighted by Crippen LogP contribution is 2.46. The SMILES string of the molecule is C1SC2CSC(CS2)S1. The normalized spacial score (nSPS) is 42.7. The van der Waals surface area contributed by atoms with E-state index in [1.807, 2.05) is 0 Å². The van der Waals surface area contributed by atoms with Gasteiger partial charge in [0.05, 0.1) is 9.16 Å². The molecular weight excluding hydrogens is 188 g/mol. The molecule has 3 aliphatic heterocycles. The fourth-order valence-electron chi connectivity index (χ4n) is 0.852. The van der Waals surface area contributed by atoms with Crippen molar-refractivity contribution >= 4 is 47.0 Å². The summed E-state index contributed by atoms with van der Waals surface area (Å²) in [6, 6.07) is 0. The summed E-state index contributed by atoms with van der Waals surface area (Å²) in [4.78, 5) is 0. The molecule has 4 heteroatoms. The lowest BCUT2D eigenvalue weighted by Crippen LogP contribution is -2.12. The molecule has 0 amide bonds. The number of hydrogen-bond acceptors (Lipinski definition) is 4. The van der Waals surface area contributed by atoms with Crippen LogP contribution >= 0.6 is 47.0 Å². The first kappa shape index (κ1) is 7.07. The lowest BCUT2D eigenvalue weighted by atomic mass is 10.9. The molecule has 0 aromatic rings. The standard InChI is InChI=1S/C5H8S4/c1-4-7-2-5(6-1)9-3-8-4/h4-5H,1-3H2. The molecule has 0 aromatic heterocycles. The van der Waals surface area contributed by atoms with Gasteiger partial charge in [-0.2, -0.15) is 0 Å². The molecule has 3 aliphatic rings. The Morgan fingerprint density at radius 2 is 1.33 bits per heavy atom. The van der Waals surface area contributed by atoms with E-state index in [4.69, 9.17) is 0 Å². The van der Waals surface area contributed by atoms with E-state index in [1.54, 1.807) is 0 Å². The van der Waals surface area contributed by atoms with Crippen molar-refractivity contribution in [3.63, 3.8) is 0 Å². The van der Waals surface area contributed by atoms with Crippen molar-refractivity contribution in [1.29, 1.82) is 0 Å². The molecule has 0 spiro atoms. The van der Waals surface area contributed by atoms with Crippen LogP contribution in [0.4, 0.5) is 0 Å². The molecule has 3 fully saturated rings. The third kappa shape index (κ3) is 1.70. The van der Waals surface area contributed by atoms with Gasteiger partial charge in [-0.15, -0.1) is 47.0 Å². The van der Waals surface area contributed by atoms with Gasteiger partial charge in [0, 0.05) is 16.6 Å². The minimum absolute atomic E-state index is 0.918. The predicted octanol–water partition coefficient (Wildman–Crippen LogP) is 2.56. The molecule has 3 rings (SSSR count). The highest BCUT2D eigenvalue weighted by atomic mass is 32.3. The summed E-state index contributed by atoms with van der Waals surface area (Å²) >= 11 is 8.57. The fraction of sp³-hybridized carbons (Fsp3) is 1.00. The molecule has 0 nitrogen and oxygen atoms in total. The first-order valence-electron chi connectivity index (χ1n) is 2.91. The van der Waals surface area contributed by atoms with Crippen molar-refractivity contribution in [3.8, 4) is 0 Å². The molecule has 9 heavy (non-hydrogen) atoms. The molecule has 2 bridgehead atoms. The van der Waals surface area contributed by atoms with E-state index in [0.717, 1.165) is 9.16 Å². The fourth-order valence-corrected chi connectivity index (χ4v) is 7.85. The number of fused-ring (bicyclic) bond motifs is 4. The number of rotatable bonds is 0. The van der Waals surface area contributed by atoms with Gasteiger partial charge in [-0.25, -0.2) is 0 Å². The molecule has 52 valence electrons. The van der Waals surface area contributed by atoms with Crippen molar-refractivity contribution in [3.05, 3.63) is 0 Å². The van der Waals surface area contributed by atoms with E-state index >= 15 is 0 Å². The van der Waals surface area contributed by atoms with E-state index in [1.165, 1.54) is 16.6 Å². The molecule has 0 aliphatic carbocycles. The third-order valence-electron chi connectivity index (χ3n) is 1.34. The maximum Gasteiger partial charge on any atom is 0.0602 e. The summed E-state index contributed by atoms with van der Waals surface area (Å²) in [5, 5.41) is 1.33. The van der Waals surface area contributed by atoms with Crippen molar-refractivity contribution in [2.75, 3.05) is 16.6 Å². The van der Waals surface area contributed by atoms with Gasteiger partial charge in [0.1, 0.15) is 0 Å². The molecule has 0 aromatic carbocycles. The van der Waals surface area contributed by atoms with Gasteiger partial charge in [-0.05, 0) is 0 Å². The molecular formula is C5H8S4. The Hall–Kier alpha value is 1.40. The summed E-state index contributed by atoms with van der Waals surface area (Å²) < 4.78 is 1.84. The van der Waals surface area contributed by atoms with Crippen LogP contribution in [0.5, 0.6) is 0 Å². The summed E-state index contributed by atoms with van der Waals surface area (Å²) in [6.45, 7) is 0. The maximum atomic E-state index is 2.16. The van der Waals surface area contributed by atoms with Crippen LogP contribution in [0, 0.1) is 0 Å². The van der Waals surface area contributed by atoms with E-state index < -0.39 is 0 Å². The Morgan fingerprint density at radius 1 is 0.778 bits per heavy atom. The zero-order valence-electron chi connectivity index (χ0n) is 4.91. The average molecular weight is 196 g/mol. The van der Waals surface area contributed by atoms with Gasteiger partial charge in [0.15, 0.2) is 0 Å². The van der Waals surface area contributed by atoms with Gasteiger partial charge in [0.2, 0.25) is 0 Å². The highest BCUT2D eigenvalue weighted by Gasteiger charge is 2.26. The second kappa shape index (κ2) is 3.20. The van der Waals surface area contributed by atoms with Crippen molar-refractivity contribution in [2.45, 2.75) is 9.16 Å². The van der Waals surface area contributed by atoms with Crippen molar-refractivity contribution in [2.24, 2.45) is 0 Å². The van der Waals surface area contributed by atoms with E-state index in [-0.39, 0.29) is 0 Å². The molecule has 2 unspecified atom stereocenters. The van der Waals surface area contributed by atoms with E-state index in [9.17, 15) is 0 Å². The second-order valence-electron chi connectivity index (χ2n) is 1.98. The third-order valence-corrected chi connectivity index (χ3v) is 8.12. The number of thioether (sulfide) groups is 4. The van der Waals surface area contributed by atoms with Crippen LogP contribution in [0.3, 0.4) is 0 Å². The van der Waals surface area contributed by atoms with E-state index in [2.05, 4.69) is 47.0 Å². The summed E-state index contributed by atoms with van der Waals surface area (Å²) in [5.74, 6) is 2.76. The van der Waals surface area contributed by atoms with Gasteiger partial charge >= 0.3 is 0 Å². The maximum absolute atomic E-state index is 2.16. The van der Waals surface area contributed by atoms with Crippen LogP contribution in [0.2, 0.25) is 0 Å². The summed E-state index contributed by atoms with van der Waals surface area (Å²) in [7, 11) is 0. The van der Waals surface area contributed by atoms with Gasteiger partial charge in [-0.3, -0.25) is 0 Å². The zero-order chi connectivity index (χ0) is 6.10. The highest BCUT2D eigenvalue weighted by molar-refractivity contribution is 8.31. The van der Waals surface area contributed by atoms with Crippen LogP contribution in [-0.2, 0) is 0 Å². The number of hydrogen-bond donors (Lipinski definition) is 0. The van der Waals surface area contributed by atoms with Crippen molar-refractivity contribution in [1.82, 2.24) is 0 Å². The molecule has 0 radical (unpaired) electrons. The first-order valence-corrected chi connectivity index (χ1v) is 7.11.